The number of aromatic nitrogens is 2. The van der Waals surface area contributed by atoms with E-state index in [1.807, 2.05) is 46.9 Å². The third kappa shape index (κ3) is 3.77. The summed E-state index contributed by atoms with van der Waals surface area (Å²) in [6.45, 7) is 3.81. The first kappa shape index (κ1) is 19.1. The molecule has 2 aliphatic rings. The highest BCUT2D eigenvalue weighted by molar-refractivity contribution is 5.95. The molecule has 5 nitrogen and oxygen atoms in total. The van der Waals surface area contributed by atoms with Crippen molar-refractivity contribution in [2.45, 2.75) is 44.9 Å². The average molecular weight is 401 g/mol. The van der Waals surface area contributed by atoms with Crippen LogP contribution in [0.15, 0.2) is 54.6 Å². The lowest BCUT2D eigenvalue weighted by atomic mass is 10.0. The Morgan fingerprint density at radius 1 is 0.967 bits per heavy atom. The van der Waals surface area contributed by atoms with Crippen LogP contribution in [0.4, 0.5) is 0 Å². The van der Waals surface area contributed by atoms with Crippen molar-refractivity contribution >= 4 is 5.91 Å². The standard InChI is InChI=1S/C25H28N4O/c1-18-23(25(30)27-28-16-6-3-7-17-28)26-29(22-8-4-2-5-9-22)24(18)21-14-12-20(13-15-21)19-10-11-19/h2,4-5,8-9,12-15,19H,3,6-7,10-11,16-17H2,1H3,(H,27,30). The number of rotatable bonds is 5. The van der Waals surface area contributed by atoms with Gasteiger partial charge in [0, 0.05) is 24.2 Å². The van der Waals surface area contributed by atoms with Crippen LogP contribution in [0.1, 0.15) is 59.6 Å². The predicted molar refractivity (Wildman–Crippen MR) is 119 cm³/mol. The van der Waals surface area contributed by atoms with Crippen molar-refractivity contribution in [3.63, 3.8) is 0 Å². The van der Waals surface area contributed by atoms with Crippen LogP contribution < -0.4 is 5.43 Å². The van der Waals surface area contributed by atoms with Gasteiger partial charge in [0.25, 0.3) is 5.91 Å². The maximum atomic E-state index is 13.1. The first-order chi connectivity index (χ1) is 14.7. The predicted octanol–water partition coefficient (Wildman–Crippen LogP) is 4.86. The molecular weight excluding hydrogens is 372 g/mol. The maximum Gasteiger partial charge on any atom is 0.286 e. The van der Waals surface area contributed by atoms with Crippen molar-refractivity contribution in [3.05, 3.63) is 71.4 Å². The second-order valence-electron chi connectivity index (χ2n) is 8.45. The van der Waals surface area contributed by atoms with Gasteiger partial charge < -0.3 is 0 Å². The van der Waals surface area contributed by atoms with Crippen molar-refractivity contribution in [1.29, 1.82) is 0 Å². The van der Waals surface area contributed by atoms with Crippen molar-refractivity contribution in [3.8, 4) is 16.9 Å². The molecule has 1 aromatic heterocycles. The fourth-order valence-corrected chi connectivity index (χ4v) is 4.34. The number of nitrogens with one attached hydrogen (secondary N) is 1. The minimum absolute atomic E-state index is 0.125. The van der Waals surface area contributed by atoms with Crippen LogP contribution >= 0.6 is 0 Å². The zero-order chi connectivity index (χ0) is 20.5. The zero-order valence-corrected chi connectivity index (χ0v) is 17.5. The lowest BCUT2D eigenvalue weighted by Crippen LogP contribution is -2.45. The van der Waals surface area contributed by atoms with Gasteiger partial charge >= 0.3 is 0 Å². The largest absolute Gasteiger partial charge is 0.286 e. The van der Waals surface area contributed by atoms with Gasteiger partial charge in [0.1, 0.15) is 0 Å². The highest BCUT2D eigenvalue weighted by Gasteiger charge is 2.26. The Balaban J connectivity index is 1.53. The summed E-state index contributed by atoms with van der Waals surface area (Å²) >= 11 is 0. The van der Waals surface area contributed by atoms with Crippen molar-refractivity contribution < 1.29 is 4.79 Å². The molecule has 154 valence electrons. The number of carbonyl (C=O) groups is 1. The van der Waals surface area contributed by atoms with E-state index in [0.717, 1.165) is 54.4 Å². The van der Waals surface area contributed by atoms with Gasteiger partial charge in [0.15, 0.2) is 5.69 Å². The molecule has 2 aromatic carbocycles. The van der Waals surface area contributed by atoms with Crippen LogP contribution in [0.2, 0.25) is 0 Å². The van der Waals surface area contributed by atoms with Gasteiger partial charge in [-0.2, -0.15) is 5.10 Å². The fraction of sp³-hybridized carbons (Fsp3) is 0.360. The van der Waals surface area contributed by atoms with E-state index < -0.39 is 0 Å². The molecule has 1 aliphatic heterocycles. The van der Waals surface area contributed by atoms with Crippen molar-refractivity contribution in [1.82, 2.24) is 20.2 Å². The Morgan fingerprint density at radius 2 is 1.67 bits per heavy atom. The zero-order valence-electron chi connectivity index (χ0n) is 17.5. The summed E-state index contributed by atoms with van der Waals surface area (Å²) in [5.74, 6) is 0.602. The van der Waals surface area contributed by atoms with E-state index in [-0.39, 0.29) is 5.91 Å². The molecule has 2 heterocycles. The Bertz CT molecular complexity index is 1030. The fourth-order valence-electron chi connectivity index (χ4n) is 4.34. The van der Waals surface area contributed by atoms with Gasteiger partial charge in [0.05, 0.1) is 11.4 Å². The van der Waals surface area contributed by atoms with E-state index >= 15 is 0 Å². The first-order valence-corrected chi connectivity index (χ1v) is 11.0. The molecule has 0 unspecified atom stereocenters. The number of piperidine rings is 1. The summed E-state index contributed by atoms with van der Waals surface area (Å²) in [6.07, 6.45) is 6.06. The number of nitrogens with zero attached hydrogens (tertiary/aromatic N) is 3. The Morgan fingerprint density at radius 3 is 2.33 bits per heavy atom. The van der Waals surface area contributed by atoms with Crippen LogP contribution in [0.25, 0.3) is 16.9 Å². The minimum Gasteiger partial charge on any atom is -0.283 e. The number of hydrogen-bond acceptors (Lipinski definition) is 3. The molecule has 1 amide bonds. The quantitative estimate of drug-likeness (QED) is 0.666. The van der Waals surface area contributed by atoms with Gasteiger partial charge in [0.2, 0.25) is 0 Å². The number of hydrazine groups is 1. The lowest BCUT2D eigenvalue weighted by molar-refractivity contribution is 0.0743. The normalized spacial score (nSPS) is 17.1. The van der Waals surface area contributed by atoms with Gasteiger partial charge in [-0.05, 0) is 56.2 Å². The van der Waals surface area contributed by atoms with Crippen LogP contribution in [-0.2, 0) is 0 Å². The lowest BCUT2D eigenvalue weighted by Gasteiger charge is -2.26. The molecule has 1 N–H and O–H groups in total. The molecule has 0 atom stereocenters. The molecule has 0 radical (unpaired) electrons. The summed E-state index contributed by atoms with van der Waals surface area (Å²) in [5.41, 5.74) is 8.90. The van der Waals surface area contributed by atoms with Gasteiger partial charge in [-0.3, -0.25) is 10.2 Å². The molecule has 3 aromatic rings. The molecule has 5 rings (SSSR count). The molecular formula is C25H28N4O. The Hall–Kier alpha value is -2.92. The molecule has 1 saturated heterocycles. The SMILES string of the molecule is Cc1c(C(=O)NN2CCCCC2)nn(-c2ccccc2)c1-c1ccc(C2CC2)cc1. The van der Waals surface area contributed by atoms with Crippen molar-refractivity contribution in [2.75, 3.05) is 13.1 Å². The van der Waals surface area contributed by atoms with Crippen molar-refractivity contribution in [2.24, 2.45) is 0 Å². The van der Waals surface area contributed by atoms with E-state index in [2.05, 4.69) is 29.7 Å². The van der Waals surface area contributed by atoms with E-state index in [4.69, 9.17) is 5.10 Å². The second kappa shape index (κ2) is 8.07. The summed E-state index contributed by atoms with van der Waals surface area (Å²) in [4.78, 5) is 13.1. The molecule has 1 saturated carbocycles. The summed E-state index contributed by atoms with van der Waals surface area (Å²) in [7, 11) is 0. The third-order valence-corrected chi connectivity index (χ3v) is 6.19. The topological polar surface area (TPSA) is 50.2 Å². The minimum atomic E-state index is -0.125. The smallest absolute Gasteiger partial charge is 0.283 e. The number of carbonyl (C=O) groups excluding carboxylic acids is 1. The number of benzene rings is 2. The summed E-state index contributed by atoms with van der Waals surface area (Å²) in [5, 5.41) is 6.79. The Kier molecular flexibility index (Phi) is 5.13. The van der Waals surface area contributed by atoms with Crippen LogP contribution in [0.3, 0.4) is 0 Å². The van der Waals surface area contributed by atoms with Gasteiger partial charge in [-0.15, -0.1) is 0 Å². The number of para-hydroxylation sites is 1. The highest BCUT2D eigenvalue weighted by atomic mass is 16.2. The average Bonchev–Trinajstić information content (AvgIpc) is 3.58. The van der Waals surface area contributed by atoms with E-state index in [1.165, 1.54) is 24.8 Å². The number of hydrogen-bond donors (Lipinski definition) is 1. The molecule has 1 aliphatic carbocycles. The Labute approximate surface area is 177 Å². The molecule has 30 heavy (non-hydrogen) atoms. The number of amides is 1. The first-order valence-electron chi connectivity index (χ1n) is 11.0. The van der Waals surface area contributed by atoms with E-state index in [9.17, 15) is 4.79 Å². The second-order valence-corrected chi connectivity index (χ2v) is 8.45. The molecule has 0 bridgehead atoms. The van der Waals surface area contributed by atoms with Gasteiger partial charge in [-0.1, -0.05) is 48.9 Å². The van der Waals surface area contributed by atoms with Crippen LogP contribution in [-0.4, -0.2) is 33.8 Å². The van der Waals surface area contributed by atoms with E-state index in [0.29, 0.717) is 5.69 Å². The summed E-state index contributed by atoms with van der Waals surface area (Å²) in [6, 6.07) is 18.8. The van der Waals surface area contributed by atoms with Crippen LogP contribution in [0.5, 0.6) is 0 Å². The molecule has 2 fully saturated rings. The van der Waals surface area contributed by atoms with Gasteiger partial charge in [-0.25, -0.2) is 9.69 Å². The highest BCUT2D eigenvalue weighted by Crippen LogP contribution is 2.40. The summed E-state index contributed by atoms with van der Waals surface area (Å²) < 4.78 is 1.91. The van der Waals surface area contributed by atoms with Crippen LogP contribution in [0, 0.1) is 6.92 Å². The van der Waals surface area contributed by atoms with E-state index in [1.54, 1.807) is 0 Å². The monoisotopic (exact) mass is 400 g/mol. The molecule has 5 heteroatoms. The third-order valence-electron chi connectivity index (χ3n) is 6.19. The maximum absolute atomic E-state index is 13.1. The molecule has 0 spiro atoms.